The highest BCUT2D eigenvalue weighted by molar-refractivity contribution is 6.17. The Labute approximate surface area is 77.4 Å². The lowest BCUT2D eigenvalue weighted by Crippen LogP contribution is -1.87. The molecule has 0 nitrogen and oxygen atoms in total. The first-order valence-corrected chi connectivity index (χ1v) is 4.67. The summed E-state index contributed by atoms with van der Waals surface area (Å²) in [7, 11) is 0. The molecule has 0 unspecified atom stereocenters. The molecule has 1 aromatic carbocycles. The van der Waals surface area contributed by atoms with E-state index < -0.39 is 0 Å². The molecule has 0 bridgehead atoms. The molecular formula is C10H12ClF. The summed E-state index contributed by atoms with van der Waals surface area (Å²) < 4.78 is 12.7. The largest absolute Gasteiger partial charge is 0.207 e. The Kier molecular flexibility index (Phi) is 4.09. The van der Waals surface area contributed by atoms with Crippen molar-refractivity contribution in [2.24, 2.45) is 0 Å². The molecule has 0 aliphatic heterocycles. The number of unbranched alkanes of at least 4 members (excludes halogenated alkanes) is 1. The molecule has 1 rings (SSSR count). The Bertz CT molecular complexity index is 235. The van der Waals surface area contributed by atoms with Crippen molar-refractivity contribution in [2.45, 2.75) is 19.3 Å². The average molecular weight is 187 g/mol. The molecule has 0 amide bonds. The van der Waals surface area contributed by atoms with Gasteiger partial charge in [-0.1, -0.05) is 12.1 Å². The fraction of sp³-hybridized carbons (Fsp3) is 0.400. The van der Waals surface area contributed by atoms with Crippen LogP contribution in [0, 0.1) is 5.82 Å². The van der Waals surface area contributed by atoms with Crippen molar-refractivity contribution < 1.29 is 4.39 Å². The second kappa shape index (κ2) is 5.15. The summed E-state index contributed by atoms with van der Waals surface area (Å²) in [5.74, 6) is 0.536. The first-order valence-electron chi connectivity index (χ1n) is 4.13. The van der Waals surface area contributed by atoms with Crippen LogP contribution < -0.4 is 0 Å². The molecular weight excluding hydrogens is 175 g/mol. The maximum Gasteiger partial charge on any atom is 0.123 e. The van der Waals surface area contributed by atoms with Gasteiger partial charge in [0.05, 0.1) is 0 Å². The summed E-state index contributed by atoms with van der Waals surface area (Å²) in [6.45, 7) is 0. The van der Waals surface area contributed by atoms with Crippen molar-refractivity contribution in [1.29, 1.82) is 0 Å². The Morgan fingerprint density at radius 2 is 2.08 bits per heavy atom. The van der Waals surface area contributed by atoms with E-state index in [0.717, 1.165) is 24.8 Å². The predicted octanol–water partition coefficient (Wildman–Crippen LogP) is 3.39. The van der Waals surface area contributed by atoms with Gasteiger partial charge in [-0.05, 0) is 37.0 Å². The molecule has 12 heavy (non-hydrogen) atoms. The van der Waals surface area contributed by atoms with Gasteiger partial charge >= 0.3 is 0 Å². The highest BCUT2D eigenvalue weighted by Crippen LogP contribution is 2.07. The molecule has 0 heterocycles. The second-order valence-electron chi connectivity index (χ2n) is 2.78. The third kappa shape index (κ3) is 3.22. The molecule has 0 radical (unpaired) electrons. The van der Waals surface area contributed by atoms with Crippen LogP contribution in [-0.4, -0.2) is 5.88 Å². The zero-order chi connectivity index (χ0) is 8.81. The van der Waals surface area contributed by atoms with Crippen LogP contribution in [0.4, 0.5) is 4.39 Å². The first-order chi connectivity index (χ1) is 5.83. The van der Waals surface area contributed by atoms with E-state index in [1.54, 1.807) is 12.1 Å². The van der Waals surface area contributed by atoms with Gasteiger partial charge in [0.25, 0.3) is 0 Å². The Morgan fingerprint density at radius 1 is 1.25 bits per heavy atom. The van der Waals surface area contributed by atoms with Gasteiger partial charge in [0.15, 0.2) is 0 Å². The van der Waals surface area contributed by atoms with E-state index in [4.69, 9.17) is 11.6 Å². The lowest BCUT2D eigenvalue weighted by Gasteiger charge is -1.99. The molecule has 0 aliphatic carbocycles. The van der Waals surface area contributed by atoms with Crippen LogP contribution >= 0.6 is 11.6 Å². The van der Waals surface area contributed by atoms with Crippen LogP contribution in [0.3, 0.4) is 0 Å². The van der Waals surface area contributed by atoms with Gasteiger partial charge in [-0.25, -0.2) is 4.39 Å². The molecule has 0 saturated carbocycles. The predicted molar refractivity (Wildman–Crippen MR) is 50.1 cm³/mol. The van der Waals surface area contributed by atoms with Crippen LogP contribution in [0.2, 0.25) is 0 Å². The number of aryl methyl sites for hydroxylation is 1. The summed E-state index contributed by atoms with van der Waals surface area (Å²) >= 11 is 5.52. The highest BCUT2D eigenvalue weighted by atomic mass is 35.5. The standard InChI is InChI=1S/C10H12ClF/c11-7-2-1-4-9-5-3-6-10(12)8-9/h3,5-6,8H,1-2,4,7H2. The van der Waals surface area contributed by atoms with Crippen LogP contribution in [-0.2, 0) is 6.42 Å². The number of halogens is 2. The van der Waals surface area contributed by atoms with E-state index in [2.05, 4.69) is 0 Å². The van der Waals surface area contributed by atoms with E-state index in [0.29, 0.717) is 5.88 Å². The first kappa shape index (κ1) is 9.53. The fourth-order valence-electron chi connectivity index (χ4n) is 1.12. The van der Waals surface area contributed by atoms with Gasteiger partial charge in [-0.3, -0.25) is 0 Å². The Hall–Kier alpha value is -0.560. The SMILES string of the molecule is Fc1cccc(CCCCCl)c1. The molecule has 0 spiro atoms. The van der Waals surface area contributed by atoms with E-state index in [1.807, 2.05) is 6.07 Å². The number of hydrogen-bond acceptors (Lipinski definition) is 0. The smallest absolute Gasteiger partial charge is 0.123 e. The van der Waals surface area contributed by atoms with Crippen LogP contribution in [0.15, 0.2) is 24.3 Å². The summed E-state index contributed by atoms with van der Waals surface area (Å²) in [4.78, 5) is 0. The maximum atomic E-state index is 12.7. The van der Waals surface area contributed by atoms with Crippen LogP contribution in [0.5, 0.6) is 0 Å². The molecule has 0 fully saturated rings. The quantitative estimate of drug-likeness (QED) is 0.500. The van der Waals surface area contributed by atoms with Crippen LogP contribution in [0.25, 0.3) is 0 Å². The summed E-state index contributed by atoms with van der Waals surface area (Å²) in [5.41, 5.74) is 1.06. The number of benzene rings is 1. The van der Waals surface area contributed by atoms with E-state index in [9.17, 15) is 4.39 Å². The Morgan fingerprint density at radius 3 is 2.75 bits per heavy atom. The minimum atomic E-state index is -0.154. The van der Waals surface area contributed by atoms with Crippen molar-refractivity contribution >= 4 is 11.6 Å². The number of alkyl halides is 1. The molecule has 0 N–H and O–H groups in total. The summed E-state index contributed by atoms with van der Waals surface area (Å²) in [5, 5.41) is 0. The second-order valence-corrected chi connectivity index (χ2v) is 3.15. The summed E-state index contributed by atoms with van der Waals surface area (Å²) in [6, 6.07) is 6.72. The third-order valence-electron chi connectivity index (χ3n) is 1.74. The van der Waals surface area contributed by atoms with E-state index >= 15 is 0 Å². The van der Waals surface area contributed by atoms with Gasteiger partial charge in [0.2, 0.25) is 0 Å². The average Bonchev–Trinajstić information content (AvgIpc) is 2.05. The van der Waals surface area contributed by atoms with Gasteiger partial charge in [0, 0.05) is 5.88 Å². The van der Waals surface area contributed by atoms with Gasteiger partial charge < -0.3 is 0 Å². The number of rotatable bonds is 4. The molecule has 0 atom stereocenters. The van der Waals surface area contributed by atoms with Gasteiger partial charge in [-0.15, -0.1) is 11.6 Å². The van der Waals surface area contributed by atoms with E-state index in [-0.39, 0.29) is 5.82 Å². The normalized spacial score (nSPS) is 10.2. The van der Waals surface area contributed by atoms with Gasteiger partial charge in [-0.2, -0.15) is 0 Å². The van der Waals surface area contributed by atoms with Crippen molar-refractivity contribution in [3.63, 3.8) is 0 Å². The molecule has 2 heteroatoms. The maximum absolute atomic E-state index is 12.7. The van der Waals surface area contributed by atoms with Gasteiger partial charge in [0.1, 0.15) is 5.82 Å². The van der Waals surface area contributed by atoms with Crippen molar-refractivity contribution in [2.75, 3.05) is 5.88 Å². The highest BCUT2D eigenvalue weighted by Gasteiger charge is 1.94. The van der Waals surface area contributed by atoms with Crippen molar-refractivity contribution in [1.82, 2.24) is 0 Å². The fourth-order valence-corrected chi connectivity index (χ4v) is 1.31. The number of hydrogen-bond donors (Lipinski definition) is 0. The van der Waals surface area contributed by atoms with E-state index in [1.165, 1.54) is 6.07 Å². The minimum Gasteiger partial charge on any atom is -0.207 e. The minimum absolute atomic E-state index is 0.154. The Balaban J connectivity index is 2.41. The zero-order valence-electron chi connectivity index (χ0n) is 6.89. The molecule has 66 valence electrons. The van der Waals surface area contributed by atoms with Crippen LogP contribution in [0.1, 0.15) is 18.4 Å². The van der Waals surface area contributed by atoms with Crippen molar-refractivity contribution in [3.05, 3.63) is 35.6 Å². The molecule has 1 aromatic rings. The lowest BCUT2D eigenvalue weighted by atomic mass is 10.1. The summed E-state index contributed by atoms with van der Waals surface area (Å²) in [6.07, 6.45) is 2.95. The lowest BCUT2D eigenvalue weighted by molar-refractivity contribution is 0.624. The monoisotopic (exact) mass is 186 g/mol. The third-order valence-corrected chi connectivity index (χ3v) is 2.01. The molecule has 0 aliphatic rings. The molecule has 0 saturated heterocycles. The topological polar surface area (TPSA) is 0 Å². The zero-order valence-corrected chi connectivity index (χ0v) is 7.65. The molecule has 0 aromatic heterocycles. The van der Waals surface area contributed by atoms with Crippen molar-refractivity contribution in [3.8, 4) is 0 Å².